The van der Waals surface area contributed by atoms with Crippen LogP contribution in [-0.2, 0) is 166 Å². The van der Waals surface area contributed by atoms with Crippen molar-refractivity contribution in [2.75, 3.05) is 33.0 Å². The molecule has 8 fully saturated rings. The maximum atomic E-state index is 12.5. The molecule has 8 aliphatic rings. The van der Waals surface area contributed by atoms with E-state index < -0.39 is 71.5 Å². The number of nitrogens with zero attached hydrogens (tertiary/aromatic N) is 5. The normalized spacial score (nSPS) is 26.7. The van der Waals surface area contributed by atoms with Crippen LogP contribution in [0.3, 0.4) is 0 Å². The lowest BCUT2D eigenvalue weighted by Gasteiger charge is -2.43. The predicted octanol–water partition coefficient (Wildman–Crippen LogP) is 9.30. The number of nitriles is 1. The molecule has 0 radical (unpaired) electrons. The summed E-state index contributed by atoms with van der Waals surface area (Å²) in [5.74, 6) is -4.94. The maximum Gasteiger partial charge on any atom is 0.560 e. The number of carbonyl (C=O) groups excluding carboxylic acids is 19. The van der Waals surface area contributed by atoms with E-state index in [9.17, 15) is 91.1 Å². The average molecular weight is 1890 g/mol. The summed E-state index contributed by atoms with van der Waals surface area (Å²) in [6, 6.07) is 20.8. The zero-order valence-electron chi connectivity index (χ0n) is 79.9. The predicted molar refractivity (Wildman–Crippen MR) is 468 cm³/mol. The van der Waals surface area contributed by atoms with E-state index >= 15 is 0 Å². The monoisotopic (exact) mass is 1890 g/mol. The summed E-state index contributed by atoms with van der Waals surface area (Å²) in [5.41, 5.74) is 13.0. The van der Waals surface area contributed by atoms with Crippen LogP contribution in [0.15, 0.2) is 60.7 Å². The van der Waals surface area contributed by atoms with Crippen LogP contribution in [-0.4, -0.2) is 215 Å². The standard InChI is InChI=1S/C24H34O6.C21H31NO8.C17H25NO7.C11H21NO3.C10H13NO2.C9H8N2O7.C2H3N/c1-16-17(2)22(30-23(18(16)3)15-28-19(4)25)13-21(26)11-8-12-24(27)29-14-20-9-6-5-7-10-20;1-12-13(2)17(29-18(14(12)3)11-28-15(4)23)10-16(24)6-5-7-21(27)30-22-19(25)8-9-20(22)26;1-9-10(2)13(24-14(11(9)3)8-23-12(4)19)7-17(22)25-18-15(20)5-6-16(18)21;1-6-7(2)10(5-14-9(4)13)15-11(12)8(6)3;11-7-6-10(12)13-8-9-4-2-1-3-5-9;12-5-1-2-6(13)10(5)17-9(16)18-11-7(14)3-4-8(11)15;1-2-3/h5-7,9-10,16-18,22-23H,8,11-15H2,1-4H3;12-14,17-18H,5-11H2,1-4H3;9-11,13-14H,5-8H2,1-4H3;6-8,10-11H,5,12H2,1-4H3;1-5H,6-8,11H2;1-4H2;1H3. The van der Waals surface area contributed by atoms with Crippen LogP contribution >= 0.6 is 0 Å². The zero-order chi connectivity index (χ0) is 100. The number of hydrogen-bond acceptors (Lipinski definition) is 36. The average Bonchev–Trinajstić information content (AvgIpc) is 1.14. The van der Waals surface area contributed by atoms with Gasteiger partial charge in [-0.1, -0.05) is 154 Å². The molecule has 0 saturated carbocycles. The number of hydrogen-bond donors (Lipinski definition) is 2. The highest BCUT2D eigenvalue weighted by Crippen LogP contribution is 2.41. The number of ether oxygens (including phenoxy) is 10. The van der Waals surface area contributed by atoms with Crippen molar-refractivity contribution in [3.63, 3.8) is 0 Å². The Morgan fingerprint density at radius 1 is 0.336 bits per heavy atom. The van der Waals surface area contributed by atoms with Gasteiger partial charge in [0, 0.05) is 131 Å². The molecule has 40 heteroatoms. The molecule has 40 nitrogen and oxygen atoms in total. The Labute approximate surface area is 781 Å². The molecule has 20 atom stereocenters. The Morgan fingerprint density at radius 3 is 0.888 bits per heavy atom. The lowest BCUT2D eigenvalue weighted by Crippen LogP contribution is -2.50. The number of Topliss-reactive ketones (excluding diaryl/α,β-unsaturated/α-hetero) is 2. The fourth-order valence-electron chi connectivity index (χ4n) is 15.2. The Morgan fingerprint density at radius 2 is 0.590 bits per heavy atom. The van der Waals surface area contributed by atoms with Gasteiger partial charge in [0.15, 0.2) is 0 Å². The van der Waals surface area contributed by atoms with E-state index in [1.54, 1.807) is 6.07 Å². The molecule has 10 rings (SSSR count). The van der Waals surface area contributed by atoms with E-state index in [0.29, 0.717) is 78.7 Å². The van der Waals surface area contributed by atoms with Crippen molar-refractivity contribution >= 4 is 113 Å². The number of esters is 6. The summed E-state index contributed by atoms with van der Waals surface area (Å²) in [6.07, 6.45) is -1.44. The van der Waals surface area contributed by atoms with Crippen molar-refractivity contribution in [2.24, 2.45) is 82.5 Å². The number of ketones is 2. The molecule has 0 aliphatic carbocycles. The van der Waals surface area contributed by atoms with Crippen LogP contribution in [0.25, 0.3) is 0 Å². The van der Waals surface area contributed by atoms with Crippen LogP contribution in [0.5, 0.6) is 0 Å². The van der Waals surface area contributed by atoms with E-state index in [-0.39, 0.29) is 265 Å². The molecule has 4 N–H and O–H groups in total. The van der Waals surface area contributed by atoms with Crippen molar-refractivity contribution < 1.29 is 158 Å². The fraction of sp³-hybridized carbons (Fsp3) is 0.660. The van der Waals surface area contributed by atoms with Crippen LogP contribution in [0, 0.1) is 82.3 Å². The third kappa shape index (κ3) is 39.3. The first kappa shape index (κ1) is 115. The van der Waals surface area contributed by atoms with Gasteiger partial charge in [-0.3, -0.25) is 86.4 Å². The fourth-order valence-corrected chi connectivity index (χ4v) is 15.2. The van der Waals surface area contributed by atoms with Crippen molar-refractivity contribution in [1.29, 1.82) is 5.26 Å². The van der Waals surface area contributed by atoms with Crippen molar-refractivity contribution in [1.82, 2.24) is 20.3 Å². The first-order chi connectivity index (χ1) is 63.2. The molecule has 744 valence electrons. The Hall–Kier alpha value is -11.4. The van der Waals surface area contributed by atoms with E-state index in [0.717, 1.165) is 11.1 Å². The number of carbonyl (C=O) groups is 19. The largest absolute Gasteiger partial charge is 0.560 e. The second kappa shape index (κ2) is 58.7. The van der Waals surface area contributed by atoms with E-state index in [1.807, 2.05) is 81.4 Å². The highest BCUT2D eigenvalue weighted by atomic mass is 16.9. The molecule has 8 amide bonds. The summed E-state index contributed by atoms with van der Waals surface area (Å²) >= 11 is 0. The lowest BCUT2D eigenvalue weighted by molar-refractivity contribution is -0.205. The molecule has 0 bridgehead atoms. The molecule has 8 saturated heterocycles. The minimum atomic E-state index is -1.48. The molecule has 134 heavy (non-hydrogen) atoms. The number of imide groups is 4. The van der Waals surface area contributed by atoms with Crippen molar-refractivity contribution in [2.45, 2.75) is 295 Å². The number of benzene rings is 2. The van der Waals surface area contributed by atoms with Gasteiger partial charge in [0.2, 0.25) is 0 Å². The van der Waals surface area contributed by atoms with Gasteiger partial charge in [-0.15, -0.1) is 10.1 Å². The zero-order valence-corrected chi connectivity index (χ0v) is 79.9. The SMILES string of the molecule is CC#N.CC(=O)OCC1OC(CC(=O)CCCC(=O)OCc2ccccc2)C(C)C(C)C1C.CC(=O)OCC1OC(CC(=O)CCCC(=O)ON2C(=O)CCC2=O)C(C)C(C)C1C.CC(=O)OCC1OC(CC(=O)ON2C(=O)CCC2=O)C(C)C(C)C1C.CC(=O)OCC1OC(N)C(C)C(C)C1C.NCCC(=O)OCc1ccccc1.O=C(ON1C(=O)CCC1=O)ON1C(=O)CCC1=O. The third-order valence-electron chi connectivity index (χ3n) is 24.9. The summed E-state index contributed by atoms with van der Waals surface area (Å²) < 4.78 is 54.2. The number of nitrogens with two attached hydrogens (primary N) is 2. The lowest BCUT2D eigenvalue weighted by atomic mass is 9.75. The summed E-state index contributed by atoms with van der Waals surface area (Å²) in [6.45, 7) is 33.6. The van der Waals surface area contributed by atoms with Crippen molar-refractivity contribution in [3.05, 3.63) is 71.8 Å². The van der Waals surface area contributed by atoms with Gasteiger partial charge in [0.25, 0.3) is 47.3 Å². The van der Waals surface area contributed by atoms with Gasteiger partial charge in [-0.2, -0.15) is 10.1 Å². The summed E-state index contributed by atoms with van der Waals surface area (Å²) in [7, 11) is 0. The third-order valence-corrected chi connectivity index (χ3v) is 24.9. The van der Waals surface area contributed by atoms with Crippen LogP contribution in [0.2, 0.25) is 0 Å². The van der Waals surface area contributed by atoms with E-state index in [1.165, 1.54) is 34.6 Å². The Balaban J connectivity index is 0.000000342. The first-order valence-electron chi connectivity index (χ1n) is 45.3. The Kier molecular flexibility index (Phi) is 50.3. The van der Waals surface area contributed by atoms with Crippen LogP contribution in [0.4, 0.5) is 4.79 Å². The molecular weight excluding hydrogens is 1760 g/mol. The molecule has 8 heterocycles. The number of rotatable bonds is 32. The topological polar surface area (TPSA) is 542 Å². The Bertz CT molecular complexity index is 4230. The molecular formula is C94H135N7O33. The number of hydroxylamine groups is 8. The minimum Gasteiger partial charge on any atom is -0.463 e. The van der Waals surface area contributed by atoms with Gasteiger partial charge in [0.1, 0.15) is 57.4 Å². The molecule has 0 spiro atoms. The molecule has 8 aliphatic heterocycles. The molecule has 2 aromatic carbocycles. The molecule has 0 aromatic heterocycles. The minimum absolute atomic E-state index is 0.0408. The van der Waals surface area contributed by atoms with Gasteiger partial charge in [-0.25, -0.2) is 9.59 Å². The first-order valence-corrected chi connectivity index (χ1v) is 45.3. The van der Waals surface area contributed by atoms with Crippen LogP contribution in [0.1, 0.15) is 244 Å². The summed E-state index contributed by atoms with van der Waals surface area (Å²) in [5, 5.41) is 8.88. The quantitative estimate of drug-likeness (QED) is 0.0391. The van der Waals surface area contributed by atoms with E-state index in [4.69, 9.17) is 73.8 Å². The smallest absolute Gasteiger partial charge is 0.463 e. The van der Waals surface area contributed by atoms with Gasteiger partial charge >= 0.3 is 53.9 Å². The number of amides is 8. The highest BCUT2D eigenvalue weighted by Gasteiger charge is 2.46. The van der Waals surface area contributed by atoms with Gasteiger partial charge in [-0.05, 0) is 95.0 Å². The van der Waals surface area contributed by atoms with Gasteiger partial charge in [0.05, 0.1) is 61.6 Å². The van der Waals surface area contributed by atoms with Crippen LogP contribution < -0.4 is 11.5 Å². The second-order valence-corrected chi connectivity index (χ2v) is 34.4. The van der Waals surface area contributed by atoms with Gasteiger partial charge < -0.3 is 68.5 Å². The maximum absolute atomic E-state index is 12.5. The second-order valence-electron chi connectivity index (χ2n) is 34.4. The molecule has 2 aromatic rings. The van der Waals surface area contributed by atoms with E-state index in [2.05, 4.69) is 72.0 Å². The highest BCUT2D eigenvalue weighted by molar-refractivity contribution is 6.04. The summed E-state index contributed by atoms with van der Waals surface area (Å²) in [4.78, 5) is 236. The molecule has 20 unspecified atom stereocenters. The van der Waals surface area contributed by atoms with Crippen molar-refractivity contribution in [3.8, 4) is 6.07 Å².